The van der Waals surface area contributed by atoms with Crippen LogP contribution in [0, 0.1) is 6.92 Å². The van der Waals surface area contributed by atoms with Gasteiger partial charge in [-0.25, -0.2) is 0 Å². The van der Waals surface area contributed by atoms with Crippen molar-refractivity contribution in [3.63, 3.8) is 0 Å². The largest absolute Gasteiger partial charge is 0.391 e. The van der Waals surface area contributed by atoms with E-state index in [1.165, 1.54) is 5.56 Å². The second-order valence-corrected chi connectivity index (χ2v) is 7.71. The molecular weight excluding hydrogens is 290 g/mol. The molecule has 3 rings (SSSR count). The lowest BCUT2D eigenvalue weighted by molar-refractivity contribution is -0.00828. The summed E-state index contributed by atoms with van der Waals surface area (Å²) in [6, 6.07) is 0.246. The van der Waals surface area contributed by atoms with Gasteiger partial charge in [0, 0.05) is 43.0 Å². The molecule has 0 spiro atoms. The molecule has 2 aromatic heterocycles. The molecule has 23 heavy (non-hydrogen) atoms. The molecule has 1 fully saturated rings. The Morgan fingerprint density at radius 1 is 1.35 bits per heavy atom. The first kappa shape index (κ1) is 16.2. The summed E-state index contributed by atoms with van der Waals surface area (Å²) in [5, 5.41) is 22.6. The van der Waals surface area contributed by atoms with Gasteiger partial charge in [0.1, 0.15) is 0 Å². The fourth-order valence-electron chi connectivity index (χ4n) is 3.31. The molecule has 0 bridgehead atoms. The molecule has 0 aliphatic heterocycles. The lowest BCUT2D eigenvalue weighted by atomic mass is 9.82. The van der Waals surface area contributed by atoms with Crippen molar-refractivity contribution in [3.8, 4) is 0 Å². The monoisotopic (exact) mass is 317 g/mol. The van der Waals surface area contributed by atoms with Crippen LogP contribution >= 0.6 is 0 Å². The average Bonchev–Trinajstić information content (AvgIpc) is 3.00. The fraction of sp³-hybridized carbons (Fsp3) is 0.647. The molecule has 2 heterocycles. The average molecular weight is 317 g/mol. The van der Waals surface area contributed by atoms with Gasteiger partial charge in [0.15, 0.2) is 0 Å². The van der Waals surface area contributed by atoms with E-state index in [9.17, 15) is 5.11 Å². The zero-order valence-corrected chi connectivity index (χ0v) is 14.6. The van der Waals surface area contributed by atoms with E-state index in [0.717, 1.165) is 24.2 Å². The van der Waals surface area contributed by atoms with Crippen LogP contribution < -0.4 is 5.32 Å². The maximum Gasteiger partial charge on any atom is 0.0932 e. The van der Waals surface area contributed by atoms with Crippen LogP contribution in [0.15, 0.2) is 18.6 Å². The van der Waals surface area contributed by atoms with Crippen LogP contribution in [0.5, 0.6) is 0 Å². The zero-order chi connectivity index (χ0) is 16.8. The third kappa shape index (κ3) is 3.19. The molecule has 1 aliphatic carbocycles. The Kier molecular flexibility index (Phi) is 4.06. The van der Waals surface area contributed by atoms with Gasteiger partial charge < -0.3 is 10.4 Å². The van der Waals surface area contributed by atoms with Gasteiger partial charge in [-0.3, -0.25) is 9.36 Å². The Morgan fingerprint density at radius 2 is 2.09 bits per heavy atom. The van der Waals surface area contributed by atoms with Gasteiger partial charge in [-0.15, -0.1) is 0 Å². The van der Waals surface area contributed by atoms with Crippen molar-refractivity contribution < 1.29 is 5.11 Å². The van der Waals surface area contributed by atoms with Gasteiger partial charge >= 0.3 is 0 Å². The van der Waals surface area contributed by atoms with Gasteiger partial charge in [-0.1, -0.05) is 20.8 Å². The fourth-order valence-corrected chi connectivity index (χ4v) is 3.31. The van der Waals surface area contributed by atoms with E-state index in [2.05, 4.69) is 42.5 Å². The maximum absolute atomic E-state index is 10.1. The molecule has 0 aromatic carbocycles. The molecule has 3 atom stereocenters. The third-order valence-corrected chi connectivity index (χ3v) is 4.51. The maximum atomic E-state index is 10.1. The number of nitrogens with one attached hydrogen (secondary N) is 1. The van der Waals surface area contributed by atoms with Crippen LogP contribution in [0.4, 0.5) is 0 Å². The molecule has 6 nitrogen and oxygen atoms in total. The van der Waals surface area contributed by atoms with Crippen molar-refractivity contribution in [2.45, 2.75) is 64.3 Å². The van der Waals surface area contributed by atoms with E-state index in [4.69, 9.17) is 0 Å². The number of aliphatic hydroxyl groups excluding tert-OH is 1. The lowest BCUT2D eigenvalue weighted by Gasteiger charge is -2.42. The standard InChI is InChI=1S/C17H27N5O/c1-11-7-19-22(9-11)15-13(6-14(15)23)18-8-12-10-21(5)20-16(12)17(2,3)4/h7,9-10,13-15,18,23H,6,8H2,1-5H3/t13-,14+,15+/m0/s1. The summed E-state index contributed by atoms with van der Waals surface area (Å²) in [7, 11) is 1.96. The van der Waals surface area contributed by atoms with Crippen LogP contribution in [0.2, 0.25) is 0 Å². The van der Waals surface area contributed by atoms with Crippen molar-refractivity contribution in [2.24, 2.45) is 7.05 Å². The van der Waals surface area contributed by atoms with Crippen molar-refractivity contribution >= 4 is 0 Å². The lowest BCUT2D eigenvalue weighted by Crippen LogP contribution is -2.54. The van der Waals surface area contributed by atoms with Crippen LogP contribution in [-0.2, 0) is 19.0 Å². The van der Waals surface area contributed by atoms with Crippen molar-refractivity contribution in [2.75, 3.05) is 0 Å². The Labute approximate surface area is 137 Å². The van der Waals surface area contributed by atoms with E-state index in [0.29, 0.717) is 0 Å². The number of aromatic nitrogens is 4. The molecule has 2 aromatic rings. The molecule has 0 saturated heterocycles. The summed E-state index contributed by atoms with van der Waals surface area (Å²) in [6.07, 6.45) is 6.33. The van der Waals surface area contributed by atoms with Crippen LogP contribution in [-0.4, -0.2) is 36.8 Å². The van der Waals surface area contributed by atoms with Crippen LogP contribution in [0.3, 0.4) is 0 Å². The molecule has 2 N–H and O–H groups in total. The summed E-state index contributed by atoms with van der Waals surface area (Å²) in [4.78, 5) is 0. The SMILES string of the molecule is Cc1cnn([C@H]2[C@H](O)C[C@@H]2NCc2cn(C)nc2C(C)(C)C)c1. The highest BCUT2D eigenvalue weighted by atomic mass is 16.3. The molecular formula is C17H27N5O. The second kappa shape index (κ2) is 5.76. The first-order chi connectivity index (χ1) is 10.8. The van der Waals surface area contributed by atoms with E-state index >= 15 is 0 Å². The molecule has 0 radical (unpaired) electrons. The summed E-state index contributed by atoms with van der Waals surface area (Å²) >= 11 is 0. The van der Waals surface area contributed by atoms with Crippen molar-refractivity contribution in [3.05, 3.63) is 35.4 Å². The molecule has 126 valence electrons. The molecule has 6 heteroatoms. The van der Waals surface area contributed by atoms with E-state index in [-0.39, 0.29) is 23.6 Å². The Hall–Kier alpha value is -1.66. The van der Waals surface area contributed by atoms with E-state index < -0.39 is 0 Å². The van der Waals surface area contributed by atoms with Crippen LogP contribution in [0.1, 0.15) is 50.1 Å². The van der Waals surface area contributed by atoms with E-state index in [1.807, 2.05) is 35.7 Å². The number of aliphatic hydroxyl groups is 1. The summed E-state index contributed by atoms with van der Waals surface area (Å²) in [5.74, 6) is 0. The predicted octanol–water partition coefficient (Wildman–Crippen LogP) is 1.69. The van der Waals surface area contributed by atoms with Gasteiger partial charge in [0.05, 0.1) is 24.0 Å². The Morgan fingerprint density at radius 3 is 2.65 bits per heavy atom. The minimum absolute atomic E-state index is 0.0125. The van der Waals surface area contributed by atoms with Crippen molar-refractivity contribution in [1.82, 2.24) is 24.9 Å². The van der Waals surface area contributed by atoms with Gasteiger partial charge in [0.25, 0.3) is 0 Å². The zero-order valence-electron chi connectivity index (χ0n) is 14.6. The third-order valence-electron chi connectivity index (χ3n) is 4.51. The number of aryl methyl sites for hydroxylation is 2. The highest BCUT2D eigenvalue weighted by Gasteiger charge is 2.41. The first-order valence-corrected chi connectivity index (χ1v) is 8.21. The number of rotatable bonds is 4. The summed E-state index contributed by atoms with van der Waals surface area (Å²) < 4.78 is 3.76. The van der Waals surface area contributed by atoms with E-state index in [1.54, 1.807) is 0 Å². The molecule has 0 amide bonds. The molecule has 1 aliphatic rings. The molecule has 1 saturated carbocycles. The number of hydrogen-bond acceptors (Lipinski definition) is 4. The van der Waals surface area contributed by atoms with Gasteiger partial charge in [0.2, 0.25) is 0 Å². The Balaban J connectivity index is 1.69. The predicted molar refractivity (Wildman–Crippen MR) is 89.2 cm³/mol. The number of hydrogen-bond donors (Lipinski definition) is 2. The molecule has 0 unspecified atom stereocenters. The quantitative estimate of drug-likeness (QED) is 0.900. The van der Waals surface area contributed by atoms with Crippen LogP contribution in [0.25, 0.3) is 0 Å². The highest BCUT2D eigenvalue weighted by molar-refractivity contribution is 5.24. The summed E-state index contributed by atoms with van der Waals surface area (Å²) in [6.45, 7) is 9.32. The summed E-state index contributed by atoms with van der Waals surface area (Å²) in [5.41, 5.74) is 3.48. The topological polar surface area (TPSA) is 67.9 Å². The normalized spacial score (nSPS) is 24.7. The highest BCUT2D eigenvalue weighted by Crippen LogP contribution is 2.33. The van der Waals surface area contributed by atoms with Crippen molar-refractivity contribution in [1.29, 1.82) is 0 Å². The Bertz CT molecular complexity index is 681. The van der Waals surface area contributed by atoms with Gasteiger partial charge in [-0.05, 0) is 18.9 Å². The van der Waals surface area contributed by atoms with Gasteiger partial charge in [-0.2, -0.15) is 10.2 Å². The first-order valence-electron chi connectivity index (χ1n) is 8.21. The minimum atomic E-state index is -0.331. The smallest absolute Gasteiger partial charge is 0.0932 e. The second-order valence-electron chi connectivity index (χ2n) is 7.71. The number of nitrogens with zero attached hydrogens (tertiary/aromatic N) is 4. The minimum Gasteiger partial charge on any atom is -0.391 e.